The number of benzene rings is 3. The number of ether oxygens (including phenoxy) is 3. The van der Waals surface area contributed by atoms with Gasteiger partial charge in [0.25, 0.3) is 5.91 Å². The van der Waals surface area contributed by atoms with Gasteiger partial charge in [-0.25, -0.2) is 0 Å². The summed E-state index contributed by atoms with van der Waals surface area (Å²) in [5.74, 6) is 0.493. The van der Waals surface area contributed by atoms with Crippen LogP contribution in [-0.2, 0) is 9.53 Å². The second-order valence-corrected chi connectivity index (χ2v) is 9.04. The monoisotopic (exact) mass is 486 g/mol. The molecule has 3 unspecified atom stereocenters. The van der Waals surface area contributed by atoms with Gasteiger partial charge in [-0.3, -0.25) is 14.5 Å². The Hall–Kier alpha value is -3.84. The number of hydrogen-bond donors (Lipinski definition) is 1. The lowest BCUT2D eigenvalue weighted by molar-refractivity contribution is -0.123. The minimum atomic E-state index is -0.615. The van der Waals surface area contributed by atoms with Crippen LogP contribution in [0.3, 0.4) is 0 Å². The highest BCUT2D eigenvalue weighted by atomic mass is 16.5. The SMILES string of the molecule is COc1ccc(C2C(C(=O)NCC3CCCO3)c3ccccc3C(=O)N2c2ccc(OC)cc2)cc1. The molecule has 186 valence electrons. The Morgan fingerprint density at radius 1 is 0.972 bits per heavy atom. The molecule has 36 heavy (non-hydrogen) atoms. The molecule has 2 amide bonds. The van der Waals surface area contributed by atoms with E-state index < -0.39 is 12.0 Å². The molecule has 2 heterocycles. The van der Waals surface area contributed by atoms with Gasteiger partial charge in [0, 0.05) is 24.4 Å². The third-order valence-corrected chi connectivity index (χ3v) is 6.96. The van der Waals surface area contributed by atoms with Crippen molar-refractivity contribution in [1.29, 1.82) is 0 Å². The minimum Gasteiger partial charge on any atom is -0.497 e. The van der Waals surface area contributed by atoms with Gasteiger partial charge in [-0.15, -0.1) is 0 Å². The van der Waals surface area contributed by atoms with Crippen molar-refractivity contribution < 1.29 is 23.8 Å². The quantitative estimate of drug-likeness (QED) is 0.533. The fourth-order valence-electron chi connectivity index (χ4n) is 5.12. The average molecular weight is 487 g/mol. The lowest BCUT2D eigenvalue weighted by Gasteiger charge is -2.42. The summed E-state index contributed by atoms with van der Waals surface area (Å²) in [6.45, 7) is 1.17. The fourth-order valence-corrected chi connectivity index (χ4v) is 5.12. The van der Waals surface area contributed by atoms with E-state index in [1.54, 1.807) is 25.2 Å². The molecule has 0 aromatic heterocycles. The van der Waals surface area contributed by atoms with Gasteiger partial charge in [0.15, 0.2) is 0 Å². The van der Waals surface area contributed by atoms with Crippen molar-refractivity contribution in [2.24, 2.45) is 0 Å². The highest BCUT2D eigenvalue weighted by molar-refractivity contribution is 6.11. The van der Waals surface area contributed by atoms with Gasteiger partial charge in [0.1, 0.15) is 11.5 Å². The van der Waals surface area contributed by atoms with Gasteiger partial charge in [-0.1, -0.05) is 30.3 Å². The molecule has 0 aliphatic carbocycles. The predicted octanol–water partition coefficient (Wildman–Crippen LogP) is 4.48. The van der Waals surface area contributed by atoms with Crippen LogP contribution in [0.15, 0.2) is 72.8 Å². The first kappa shape index (κ1) is 23.9. The Labute approximate surface area is 211 Å². The van der Waals surface area contributed by atoms with Gasteiger partial charge < -0.3 is 19.5 Å². The summed E-state index contributed by atoms with van der Waals surface area (Å²) in [5, 5.41) is 3.12. The Morgan fingerprint density at radius 2 is 1.64 bits per heavy atom. The Morgan fingerprint density at radius 3 is 2.28 bits per heavy atom. The maximum absolute atomic E-state index is 13.9. The van der Waals surface area contributed by atoms with Crippen LogP contribution in [-0.4, -0.2) is 45.3 Å². The first-order chi connectivity index (χ1) is 17.6. The van der Waals surface area contributed by atoms with E-state index in [2.05, 4.69) is 5.32 Å². The fraction of sp³-hybridized carbons (Fsp3) is 0.310. The van der Waals surface area contributed by atoms with E-state index in [9.17, 15) is 9.59 Å². The third-order valence-electron chi connectivity index (χ3n) is 6.96. The van der Waals surface area contributed by atoms with E-state index in [-0.39, 0.29) is 17.9 Å². The van der Waals surface area contributed by atoms with Crippen molar-refractivity contribution in [2.75, 3.05) is 32.3 Å². The summed E-state index contributed by atoms with van der Waals surface area (Å²) < 4.78 is 16.4. The number of hydrogen-bond acceptors (Lipinski definition) is 5. The number of anilines is 1. The van der Waals surface area contributed by atoms with E-state index in [4.69, 9.17) is 14.2 Å². The van der Waals surface area contributed by atoms with E-state index in [1.165, 1.54) is 0 Å². The number of carbonyl (C=O) groups excluding carboxylic acids is 2. The molecule has 3 aromatic rings. The van der Waals surface area contributed by atoms with E-state index in [0.29, 0.717) is 29.3 Å². The topological polar surface area (TPSA) is 77.1 Å². The van der Waals surface area contributed by atoms with Crippen molar-refractivity contribution >= 4 is 17.5 Å². The zero-order valence-electron chi connectivity index (χ0n) is 20.5. The number of carbonyl (C=O) groups is 2. The predicted molar refractivity (Wildman–Crippen MR) is 137 cm³/mol. The van der Waals surface area contributed by atoms with Crippen LogP contribution < -0.4 is 19.7 Å². The van der Waals surface area contributed by atoms with Crippen LogP contribution in [0.25, 0.3) is 0 Å². The number of rotatable bonds is 7. The molecule has 2 aliphatic rings. The average Bonchev–Trinajstić information content (AvgIpc) is 3.46. The smallest absolute Gasteiger partial charge is 0.259 e. The van der Waals surface area contributed by atoms with E-state index in [0.717, 1.165) is 30.6 Å². The van der Waals surface area contributed by atoms with Crippen LogP contribution in [0, 0.1) is 0 Å². The van der Waals surface area contributed by atoms with E-state index >= 15 is 0 Å². The molecule has 3 aromatic carbocycles. The number of amides is 2. The molecule has 5 rings (SSSR count). The maximum atomic E-state index is 13.9. The first-order valence-corrected chi connectivity index (χ1v) is 12.2. The zero-order valence-corrected chi connectivity index (χ0v) is 20.5. The second kappa shape index (κ2) is 10.4. The molecule has 1 saturated heterocycles. The van der Waals surface area contributed by atoms with Crippen LogP contribution in [0.1, 0.15) is 46.3 Å². The lowest BCUT2D eigenvalue weighted by atomic mass is 9.78. The molecule has 7 nitrogen and oxygen atoms in total. The number of fused-ring (bicyclic) bond motifs is 1. The molecular weight excluding hydrogens is 456 g/mol. The van der Waals surface area contributed by atoms with Crippen molar-refractivity contribution in [1.82, 2.24) is 5.32 Å². The maximum Gasteiger partial charge on any atom is 0.259 e. The summed E-state index contributed by atoms with van der Waals surface area (Å²) in [6, 6.07) is 21.7. The summed E-state index contributed by atoms with van der Waals surface area (Å²) >= 11 is 0. The van der Waals surface area contributed by atoms with Crippen LogP contribution in [0.2, 0.25) is 0 Å². The first-order valence-electron chi connectivity index (χ1n) is 12.2. The summed E-state index contributed by atoms with van der Waals surface area (Å²) in [5.41, 5.74) is 2.77. The molecule has 7 heteroatoms. The van der Waals surface area contributed by atoms with Crippen LogP contribution in [0.5, 0.6) is 11.5 Å². The van der Waals surface area contributed by atoms with Crippen molar-refractivity contribution in [2.45, 2.75) is 30.9 Å². The van der Waals surface area contributed by atoms with Gasteiger partial charge in [0.05, 0.1) is 32.3 Å². The molecule has 1 N–H and O–H groups in total. The highest BCUT2D eigenvalue weighted by Gasteiger charge is 2.45. The van der Waals surface area contributed by atoms with Gasteiger partial charge in [0.2, 0.25) is 5.91 Å². The summed E-state index contributed by atoms with van der Waals surface area (Å²) in [4.78, 5) is 29.5. The molecular formula is C29H30N2O5. The third kappa shape index (κ3) is 4.54. The van der Waals surface area contributed by atoms with Gasteiger partial charge >= 0.3 is 0 Å². The molecule has 3 atom stereocenters. The largest absolute Gasteiger partial charge is 0.497 e. The summed E-state index contributed by atoms with van der Waals surface area (Å²) in [7, 11) is 3.21. The molecule has 0 spiro atoms. The molecule has 2 aliphatic heterocycles. The summed E-state index contributed by atoms with van der Waals surface area (Å²) in [6.07, 6.45) is 1.95. The number of nitrogens with one attached hydrogen (secondary N) is 1. The van der Waals surface area contributed by atoms with Crippen molar-refractivity contribution in [3.8, 4) is 11.5 Å². The normalized spacial score (nSPS) is 21.1. The highest BCUT2D eigenvalue weighted by Crippen LogP contribution is 2.45. The van der Waals surface area contributed by atoms with Crippen LogP contribution in [0.4, 0.5) is 5.69 Å². The Kier molecular flexibility index (Phi) is 6.91. The van der Waals surface area contributed by atoms with Gasteiger partial charge in [-0.2, -0.15) is 0 Å². The van der Waals surface area contributed by atoms with Crippen molar-refractivity contribution in [3.63, 3.8) is 0 Å². The molecule has 0 radical (unpaired) electrons. The minimum absolute atomic E-state index is 0.0199. The van der Waals surface area contributed by atoms with Gasteiger partial charge in [-0.05, 0) is 66.4 Å². The second-order valence-electron chi connectivity index (χ2n) is 9.04. The number of methoxy groups -OCH3 is 2. The van der Waals surface area contributed by atoms with Crippen LogP contribution >= 0.6 is 0 Å². The Bertz CT molecular complexity index is 1220. The Balaban J connectivity index is 1.61. The van der Waals surface area contributed by atoms with E-state index in [1.807, 2.05) is 66.7 Å². The standard InChI is InChI=1S/C29H30N2O5/c1-34-21-13-9-19(10-14-21)27-26(28(32)30-18-23-6-5-17-36-23)24-7-3-4-8-25(24)29(33)31(27)20-11-15-22(35-2)16-12-20/h3-4,7-16,23,26-27H,5-6,17-18H2,1-2H3,(H,30,32). The lowest BCUT2D eigenvalue weighted by Crippen LogP contribution is -2.48. The molecule has 0 saturated carbocycles. The molecule has 0 bridgehead atoms. The number of nitrogens with zero attached hydrogens (tertiary/aromatic N) is 1. The van der Waals surface area contributed by atoms with Crippen molar-refractivity contribution in [3.05, 3.63) is 89.5 Å². The molecule has 1 fully saturated rings. The zero-order chi connectivity index (χ0) is 25.1.